The number of allylic oxidation sites excluding steroid dienone is 2. The van der Waals surface area contributed by atoms with Crippen LogP contribution in [0.15, 0.2) is 77.1 Å². The third-order valence-electron chi connectivity index (χ3n) is 6.79. The van der Waals surface area contributed by atoms with Crippen molar-refractivity contribution in [3.63, 3.8) is 0 Å². The van der Waals surface area contributed by atoms with Crippen molar-refractivity contribution >= 4 is 17.6 Å². The molecule has 10 nitrogen and oxygen atoms in total. The maximum Gasteiger partial charge on any atom is 0.337 e. The Morgan fingerprint density at radius 3 is 2.30 bits per heavy atom. The van der Waals surface area contributed by atoms with Crippen LogP contribution in [0.4, 0.5) is 5.69 Å². The number of carbonyl (C=O) groups is 2. The van der Waals surface area contributed by atoms with Crippen LogP contribution in [0.1, 0.15) is 57.3 Å². The summed E-state index contributed by atoms with van der Waals surface area (Å²) in [6.45, 7) is 7.89. The molecule has 2 unspecified atom stereocenters. The van der Waals surface area contributed by atoms with Crippen molar-refractivity contribution < 1.29 is 29.1 Å². The van der Waals surface area contributed by atoms with Gasteiger partial charge in [0.2, 0.25) is 0 Å². The molecule has 0 saturated carbocycles. The fourth-order valence-electron chi connectivity index (χ4n) is 5.05. The number of esters is 2. The number of methoxy groups -OCH3 is 1. The van der Waals surface area contributed by atoms with Crippen LogP contribution in [0, 0.1) is 10.1 Å². The van der Waals surface area contributed by atoms with Gasteiger partial charge in [0, 0.05) is 36.6 Å². The third-order valence-corrected chi connectivity index (χ3v) is 6.79. The van der Waals surface area contributed by atoms with Gasteiger partial charge in [-0.2, -0.15) is 0 Å². The second kappa shape index (κ2) is 12.9. The summed E-state index contributed by atoms with van der Waals surface area (Å²) in [5.74, 6) is -2.25. The van der Waals surface area contributed by atoms with Crippen molar-refractivity contribution in [2.45, 2.75) is 51.7 Å². The van der Waals surface area contributed by atoms with Crippen molar-refractivity contribution in [2.24, 2.45) is 0 Å². The van der Waals surface area contributed by atoms with Gasteiger partial charge in [-0.05, 0) is 52.3 Å². The Balaban J connectivity index is 1.83. The molecule has 1 aliphatic heterocycles. The second-order valence-corrected chi connectivity index (χ2v) is 10.6. The molecule has 0 radical (unpaired) electrons. The van der Waals surface area contributed by atoms with Gasteiger partial charge in [0.05, 0.1) is 35.2 Å². The Kier molecular flexibility index (Phi) is 9.83. The Morgan fingerprint density at radius 1 is 1.07 bits per heavy atom. The molecular formula is C30H37N3O7. The van der Waals surface area contributed by atoms with Crippen LogP contribution >= 0.6 is 0 Å². The number of carbonyl (C=O) groups excluding carboxylic acids is 2. The number of likely N-dealkylation sites (N-methyl/N-ethyl adjacent to an activating group) is 1. The lowest BCUT2D eigenvalue weighted by Gasteiger charge is -2.34. The minimum Gasteiger partial charge on any atom is -0.466 e. The quantitative estimate of drug-likeness (QED) is 0.237. The summed E-state index contributed by atoms with van der Waals surface area (Å²) in [6.07, 6.45) is -0.113. The lowest BCUT2D eigenvalue weighted by Crippen LogP contribution is -2.42. The predicted molar refractivity (Wildman–Crippen MR) is 150 cm³/mol. The molecule has 1 aliphatic rings. The van der Waals surface area contributed by atoms with E-state index in [1.165, 1.54) is 25.3 Å². The zero-order chi connectivity index (χ0) is 29.6. The first-order chi connectivity index (χ1) is 18.8. The largest absolute Gasteiger partial charge is 0.466 e. The fourth-order valence-corrected chi connectivity index (χ4v) is 5.05. The number of non-ortho nitro benzene ring substituents is 1. The number of hydrogen-bond acceptors (Lipinski definition) is 9. The van der Waals surface area contributed by atoms with Crippen LogP contribution in [0.5, 0.6) is 0 Å². The molecular weight excluding hydrogens is 514 g/mol. The lowest BCUT2D eigenvalue weighted by molar-refractivity contribution is -0.384. The van der Waals surface area contributed by atoms with E-state index in [2.05, 4.69) is 5.32 Å². The van der Waals surface area contributed by atoms with Gasteiger partial charge < -0.3 is 24.8 Å². The number of nitrogens with zero attached hydrogens (tertiary/aromatic N) is 2. The molecule has 2 N–H and O–H groups in total. The second-order valence-electron chi connectivity index (χ2n) is 10.6. The number of nitrogens with one attached hydrogen (secondary N) is 1. The fraction of sp³-hybridized carbons (Fsp3) is 0.400. The van der Waals surface area contributed by atoms with Crippen LogP contribution in [0.25, 0.3) is 0 Å². The van der Waals surface area contributed by atoms with Gasteiger partial charge in [0.15, 0.2) is 0 Å². The zero-order valence-corrected chi connectivity index (χ0v) is 23.8. The smallest absolute Gasteiger partial charge is 0.337 e. The molecule has 0 spiro atoms. The summed E-state index contributed by atoms with van der Waals surface area (Å²) in [6, 6.07) is 15.3. The highest BCUT2D eigenvalue weighted by atomic mass is 16.6. The van der Waals surface area contributed by atoms with Crippen LogP contribution in [-0.2, 0) is 19.1 Å². The van der Waals surface area contributed by atoms with Crippen LogP contribution in [0.2, 0.25) is 0 Å². The number of nitro benzene ring substituents is 1. The highest BCUT2D eigenvalue weighted by Gasteiger charge is 2.40. The molecule has 3 rings (SSSR count). The van der Waals surface area contributed by atoms with Crippen LogP contribution < -0.4 is 5.32 Å². The Morgan fingerprint density at radius 2 is 1.70 bits per heavy atom. The van der Waals surface area contributed by atoms with Gasteiger partial charge >= 0.3 is 11.9 Å². The van der Waals surface area contributed by atoms with E-state index in [1.54, 1.807) is 33.8 Å². The number of ether oxygens (including phenoxy) is 2. The van der Waals surface area contributed by atoms with E-state index < -0.39 is 34.5 Å². The standard InChI is InChI=1S/C30H37N3O7/c1-19-25(28(35)39-6)27(22-13-10-14-23(17-22)33(37)38)26(20(2)31-19)29(36)40-30(3,4)18-32(5)16-15-24(34)21-11-8-7-9-12-21/h7-14,17,24,27,31,34H,15-16,18H2,1-6H3. The van der Waals surface area contributed by atoms with Gasteiger partial charge in [-0.25, -0.2) is 9.59 Å². The number of hydrogen-bond donors (Lipinski definition) is 2. The van der Waals surface area contributed by atoms with Gasteiger partial charge in [0.25, 0.3) is 5.69 Å². The molecule has 0 saturated heterocycles. The number of dihydropyridines is 1. The van der Waals surface area contributed by atoms with Gasteiger partial charge in [-0.15, -0.1) is 0 Å². The minimum absolute atomic E-state index is 0.164. The van der Waals surface area contributed by atoms with Crippen LogP contribution in [-0.4, -0.2) is 59.7 Å². The molecule has 0 aliphatic carbocycles. The van der Waals surface area contributed by atoms with Crippen molar-refractivity contribution in [3.05, 3.63) is 98.4 Å². The summed E-state index contributed by atoms with van der Waals surface area (Å²) in [5.41, 5.74) is 1.42. The summed E-state index contributed by atoms with van der Waals surface area (Å²) in [5, 5.41) is 25.1. The molecule has 40 heavy (non-hydrogen) atoms. The maximum atomic E-state index is 13.7. The molecule has 2 aromatic rings. The third kappa shape index (κ3) is 7.34. The molecule has 0 bridgehead atoms. The lowest BCUT2D eigenvalue weighted by atomic mass is 9.80. The van der Waals surface area contributed by atoms with E-state index in [4.69, 9.17) is 9.47 Å². The van der Waals surface area contributed by atoms with E-state index in [9.17, 15) is 24.8 Å². The first-order valence-corrected chi connectivity index (χ1v) is 13.0. The molecule has 10 heteroatoms. The molecule has 0 amide bonds. The Bertz CT molecular complexity index is 1320. The first-order valence-electron chi connectivity index (χ1n) is 13.0. The number of aliphatic hydroxyl groups is 1. The van der Waals surface area contributed by atoms with E-state index in [1.807, 2.05) is 42.3 Å². The average molecular weight is 552 g/mol. The monoisotopic (exact) mass is 551 g/mol. The van der Waals surface area contributed by atoms with Gasteiger partial charge in [-0.1, -0.05) is 42.5 Å². The predicted octanol–water partition coefficient (Wildman–Crippen LogP) is 4.38. The highest BCUT2D eigenvalue weighted by Crippen LogP contribution is 2.40. The normalized spacial score (nSPS) is 16.4. The molecule has 1 heterocycles. The van der Waals surface area contributed by atoms with Gasteiger partial charge in [0.1, 0.15) is 5.60 Å². The van der Waals surface area contributed by atoms with Crippen molar-refractivity contribution in [2.75, 3.05) is 27.2 Å². The number of nitro groups is 1. The topological polar surface area (TPSA) is 131 Å². The van der Waals surface area contributed by atoms with E-state index in [0.29, 0.717) is 36.5 Å². The number of benzene rings is 2. The van der Waals surface area contributed by atoms with Gasteiger partial charge in [-0.3, -0.25) is 10.1 Å². The molecule has 2 atom stereocenters. The molecule has 0 aromatic heterocycles. The average Bonchev–Trinajstić information content (AvgIpc) is 2.90. The summed E-state index contributed by atoms with van der Waals surface area (Å²) in [7, 11) is 3.12. The SMILES string of the molecule is COC(=O)C1=C(C)NC(C)=C(C(=O)OC(C)(C)CN(C)CCC(O)c2ccccc2)C1c1cccc([N+](=O)[O-])c1. The van der Waals surface area contributed by atoms with Crippen LogP contribution in [0.3, 0.4) is 0 Å². The van der Waals surface area contributed by atoms with E-state index in [-0.39, 0.29) is 16.8 Å². The summed E-state index contributed by atoms with van der Waals surface area (Å²) < 4.78 is 11.0. The maximum absolute atomic E-state index is 13.7. The summed E-state index contributed by atoms with van der Waals surface area (Å²) >= 11 is 0. The van der Waals surface area contributed by atoms with Crippen molar-refractivity contribution in [1.29, 1.82) is 0 Å². The van der Waals surface area contributed by atoms with Crippen molar-refractivity contribution in [1.82, 2.24) is 10.2 Å². The highest BCUT2D eigenvalue weighted by molar-refractivity contribution is 6.00. The first kappa shape index (κ1) is 30.5. The molecule has 2 aromatic carbocycles. The summed E-state index contributed by atoms with van der Waals surface area (Å²) in [4.78, 5) is 39.5. The molecule has 214 valence electrons. The molecule has 0 fully saturated rings. The van der Waals surface area contributed by atoms with E-state index in [0.717, 1.165) is 5.56 Å². The Hall–Kier alpha value is -4.02. The van der Waals surface area contributed by atoms with E-state index >= 15 is 0 Å². The van der Waals surface area contributed by atoms with Crippen molar-refractivity contribution in [3.8, 4) is 0 Å². The number of aliphatic hydroxyl groups excluding tert-OH is 1. The Labute approximate surface area is 234 Å². The number of rotatable bonds is 11. The minimum atomic E-state index is -0.939. The zero-order valence-electron chi connectivity index (χ0n) is 23.8.